The summed E-state index contributed by atoms with van der Waals surface area (Å²) >= 11 is 5.95. The second-order valence-electron chi connectivity index (χ2n) is 3.91. The van der Waals surface area contributed by atoms with Gasteiger partial charge in [-0.2, -0.15) is 5.26 Å². The van der Waals surface area contributed by atoms with Gasteiger partial charge in [-0.25, -0.2) is 0 Å². The van der Waals surface area contributed by atoms with Crippen molar-refractivity contribution in [2.24, 2.45) is 0 Å². The molecule has 0 bridgehead atoms. The molecule has 0 spiro atoms. The van der Waals surface area contributed by atoms with Gasteiger partial charge in [-0.1, -0.05) is 11.6 Å². The van der Waals surface area contributed by atoms with Crippen molar-refractivity contribution in [2.45, 2.75) is 6.04 Å². The molecule has 1 aliphatic heterocycles. The highest BCUT2D eigenvalue weighted by Crippen LogP contribution is 2.20. The minimum Gasteiger partial charge on any atom is -0.383 e. The molecule has 1 aromatic carbocycles. The van der Waals surface area contributed by atoms with E-state index < -0.39 is 0 Å². The lowest BCUT2D eigenvalue weighted by atomic mass is 10.2. The van der Waals surface area contributed by atoms with Crippen molar-refractivity contribution in [3.8, 4) is 6.07 Å². The number of hydrogen-bond donors (Lipinski definition) is 2. The summed E-state index contributed by atoms with van der Waals surface area (Å²) in [6.45, 7) is 3.17. The van der Waals surface area contributed by atoms with Crippen LogP contribution in [0.25, 0.3) is 0 Å². The van der Waals surface area contributed by atoms with Gasteiger partial charge in [0.1, 0.15) is 6.07 Å². The van der Waals surface area contributed by atoms with Crippen LogP contribution in [-0.2, 0) is 4.74 Å². The molecule has 1 fully saturated rings. The van der Waals surface area contributed by atoms with E-state index in [0.717, 1.165) is 32.0 Å². The van der Waals surface area contributed by atoms with E-state index in [1.165, 1.54) is 0 Å². The molecule has 1 atom stereocenters. The minimum atomic E-state index is 0.318. The van der Waals surface area contributed by atoms with E-state index in [9.17, 15) is 0 Å². The maximum Gasteiger partial charge on any atom is 0.101 e. The summed E-state index contributed by atoms with van der Waals surface area (Å²) in [6, 6.07) is 7.69. The van der Waals surface area contributed by atoms with E-state index >= 15 is 0 Å². The second-order valence-corrected chi connectivity index (χ2v) is 4.32. The van der Waals surface area contributed by atoms with Gasteiger partial charge < -0.3 is 15.4 Å². The average Bonchev–Trinajstić information content (AvgIpc) is 2.38. The van der Waals surface area contributed by atoms with Crippen molar-refractivity contribution < 1.29 is 4.74 Å². The topological polar surface area (TPSA) is 57.1 Å². The van der Waals surface area contributed by atoms with Gasteiger partial charge in [0.2, 0.25) is 0 Å². The lowest BCUT2D eigenvalue weighted by molar-refractivity contribution is 0.0806. The molecule has 0 amide bonds. The smallest absolute Gasteiger partial charge is 0.101 e. The number of nitrogens with zero attached hydrogens (tertiary/aromatic N) is 1. The first-order chi connectivity index (χ1) is 8.29. The van der Waals surface area contributed by atoms with Crippen LogP contribution in [0.3, 0.4) is 0 Å². The molecule has 17 heavy (non-hydrogen) atoms. The van der Waals surface area contributed by atoms with E-state index in [-0.39, 0.29) is 0 Å². The number of ether oxygens (including phenoxy) is 1. The van der Waals surface area contributed by atoms with Crippen molar-refractivity contribution in [2.75, 3.05) is 31.6 Å². The van der Waals surface area contributed by atoms with Crippen molar-refractivity contribution >= 4 is 17.3 Å². The maximum atomic E-state index is 8.76. The van der Waals surface area contributed by atoms with Crippen molar-refractivity contribution in [1.29, 1.82) is 5.26 Å². The fourth-order valence-corrected chi connectivity index (χ4v) is 1.93. The van der Waals surface area contributed by atoms with E-state index in [4.69, 9.17) is 21.6 Å². The Labute approximate surface area is 106 Å². The third kappa shape index (κ3) is 3.34. The summed E-state index contributed by atoms with van der Waals surface area (Å²) in [4.78, 5) is 0. The van der Waals surface area contributed by atoms with Crippen molar-refractivity contribution in [1.82, 2.24) is 5.32 Å². The van der Waals surface area contributed by atoms with Gasteiger partial charge in [0.15, 0.2) is 0 Å². The molecule has 0 aromatic heterocycles. The van der Waals surface area contributed by atoms with Crippen LogP contribution in [0.4, 0.5) is 5.69 Å². The number of benzene rings is 1. The first-order valence-electron chi connectivity index (χ1n) is 5.54. The summed E-state index contributed by atoms with van der Waals surface area (Å²) in [5, 5.41) is 15.9. The van der Waals surface area contributed by atoms with Crippen LogP contribution in [0.2, 0.25) is 5.02 Å². The van der Waals surface area contributed by atoms with Gasteiger partial charge in [0, 0.05) is 24.8 Å². The SMILES string of the molecule is N#Cc1ccc(NCC2COCCN2)cc1Cl. The molecule has 1 aliphatic rings. The summed E-state index contributed by atoms with van der Waals surface area (Å²) < 4.78 is 5.36. The molecule has 1 heterocycles. The van der Waals surface area contributed by atoms with Gasteiger partial charge in [-0.15, -0.1) is 0 Å². The van der Waals surface area contributed by atoms with Crippen LogP contribution >= 0.6 is 11.6 Å². The molecule has 1 aromatic rings. The number of morpholine rings is 1. The Morgan fingerprint density at radius 3 is 3.12 bits per heavy atom. The third-order valence-electron chi connectivity index (χ3n) is 2.64. The normalized spacial score (nSPS) is 19.6. The fourth-order valence-electron chi connectivity index (χ4n) is 1.71. The van der Waals surface area contributed by atoms with Gasteiger partial charge >= 0.3 is 0 Å². The van der Waals surface area contributed by atoms with E-state index in [0.29, 0.717) is 16.6 Å². The number of anilines is 1. The van der Waals surface area contributed by atoms with Gasteiger partial charge in [-0.3, -0.25) is 0 Å². The molecule has 90 valence electrons. The third-order valence-corrected chi connectivity index (χ3v) is 2.95. The monoisotopic (exact) mass is 251 g/mol. The van der Waals surface area contributed by atoms with Gasteiger partial charge in [-0.05, 0) is 18.2 Å². The average molecular weight is 252 g/mol. The number of halogens is 1. The van der Waals surface area contributed by atoms with Crippen LogP contribution in [0, 0.1) is 11.3 Å². The summed E-state index contributed by atoms with van der Waals surface area (Å²) in [6.07, 6.45) is 0. The van der Waals surface area contributed by atoms with Crippen LogP contribution in [-0.4, -0.2) is 32.3 Å². The molecule has 4 nitrogen and oxygen atoms in total. The Bertz CT molecular complexity index is 424. The number of nitriles is 1. The second kappa shape index (κ2) is 5.87. The molecule has 2 N–H and O–H groups in total. The Kier molecular flexibility index (Phi) is 4.21. The fraction of sp³-hybridized carbons (Fsp3) is 0.417. The highest BCUT2D eigenvalue weighted by Gasteiger charge is 2.12. The molecule has 1 saturated heterocycles. The maximum absolute atomic E-state index is 8.76. The quantitative estimate of drug-likeness (QED) is 0.857. The summed E-state index contributed by atoms with van der Waals surface area (Å²) in [5.41, 5.74) is 1.41. The van der Waals surface area contributed by atoms with Crippen LogP contribution in [0.15, 0.2) is 18.2 Å². The zero-order chi connectivity index (χ0) is 12.1. The van der Waals surface area contributed by atoms with Crippen molar-refractivity contribution in [3.05, 3.63) is 28.8 Å². The first kappa shape index (κ1) is 12.2. The predicted octanol–water partition coefficient (Wildman–Crippen LogP) is 1.61. The van der Waals surface area contributed by atoms with Gasteiger partial charge in [0.25, 0.3) is 0 Å². The molecular weight excluding hydrogens is 238 g/mol. The highest BCUT2D eigenvalue weighted by molar-refractivity contribution is 6.32. The number of hydrogen-bond acceptors (Lipinski definition) is 4. The lowest BCUT2D eigenvalue weighted by Gasteiger charge is -2.24. The highest BCUT2D eigenvalue weighted by atomic mass is 35.5. The molecule has 2 rings (SSSR count). The van der Waals surface area contributed by atoms with Crippen LogP contribution < -0.4 is 10.6 Å². The zero-order valence-corrected chi connectivity index (χ0v) is 10.1. The Morgan fingerprint density at radius 2 is 2.47 bits per heavy atom. The molecular formula is C12H14ClN3O. The minimum absolute atomic E-state index is 0.318. The number of rotatable bonds is 3. The lowest BCUT2D eigenvalue weighted by Crippen LogP contribution is -2.45. The van der Waals surface area contributed by atoms with E-state index in [2.05, 4.69) is 10.6 Å². The number of nitrogens with one attached hydrogen (secondary N) is 2. The Hall–Kier alpha value is -1.28. The molecule has 0 saturated carbocycles. The summed E-state index contributed by atoms with van der Waals surface area (Å²) in [5.74, 6) is 0. The zero-order valence-electron chi connectivity index (χ0n) is 9.37. The van der Waals surface area contributed by atoms with E-state index in [1.54, 1.807) is 12.1 Å². The molecule has 0 radical (unpaired) electrons. The van der Waals surface area contributed by atoms with Gasteiger partial charge in [0.05, 0.1) is 23.8 Å². The molecule has 0 aliphatic carbocycles. The van der Waals surface area contributed by atoms with Crippen LogP contribution in [0.5, 0.6) is 0 Å². The Morgan fingerprint density at radius 1 is 1.59 bits per heavy atom. The first-order valence-corrected chi connectivity index (χ1v) is 5.92. The predicted molar refractivity (Wildman–Crippen MR) is 67.3 cm³/mol. The Balaban J connectivity index is 1.90. The largest absolute Gasteiger partial charge is 0.383 e. The van der Waals surface area contributed by atoms with Crippen LogP contribution in [0.1, 0.15) is 5.56 Å². The standard InChI is InChI=1S/C12H14ClN3O/c13-12-5-10(2-1-9(12)6-14)16-7-11-8-17-4-3-15-11/h1-2,5,11,15-16H,3-4,7-8H2. The van der Waals surface area contributed by atoms with Crippen molar-refractivity contribution in [3.63, 3.8) is 0 Å². The summed E-state index contributed by atoms with van der Waals surface area (Å²) in [7, 11) is 0. The molecule has 1 unspecified atom stereocenters. The molecule has 5 heteroatoms. The van der Waals surface area contributed by atoms with E-state index in [1.807, 2.05) is 12.1 Å².